The summed E-state index contributed by atoms with van der Waals surface area (Å²) in [6.45, 7) is 0. The number of carboxylic acid groups (broad SMARTS) is 1. The largest absolute Gasteiger partial charge is 0.465 e. The number of piperidine rings is 2. The number of anilines is 1. The van der Waals surface area contributed by atoms with Gasteiger partial charge in [0.1, 0.15) is 11.0 Å². The molecule has 0 spiro atoms. The molecule has 24 heavy (non-hydrogen) atoms. The van der Waals surface area contributed by atoms with E-state index in [1.54, 1.807) is 17.2 Å². The van der Waals surface area contributed by atoms with Gasteiger partial charge in [-0.05, 0) is 44.2 Å². The summed E-state index contributed by atoms with van der Waals surface area (Å²) in [6.07, 6.45) is 5.53. The van der Waals surface area contributed by atoms with Crippen molar-refractivity contribution >= 4 is 34.4 Å². The van der Waals surface area contributed by atoms with E-state index in [1.807, 2.05) is 12.1 Å². The normalized spacial score (nSPS) is 26.4. The fourth-order valence-corrected chi connectivity index (χ4v) is 4.35. The number of hydrogen-bond acceptors (Lipinski definition) is 4. The number of nitrogens with zero attached hydrogens (tertiary/aromatic N) is 3. The third kappa shape index (κ3) is 2.75. The Labute approximate surface area is 144 Å². The second-order valence-electron chi connectivity index (χ2n) is 6.60. The molecule has 2 aromatic heterocycles. The minimum atomic E-state index is -0.793. The summed E-state index contributed by atoms with van der Waals surface area (Å²) in [5, 5.41) is 14.3. The van der Waals surface area contributed by atoms with Gasteiger partial charge in [0.15, 0.2) is 0 Å². The smallest absolute Gasteiger partial charge is 0.407 e. The average molecular weight is 347 g/mol. The molecule has 2 fully saturated rings. The first-order valence-corrected chi connectivity index (χ1v) is 8.68. The SMILES string of the molecule is O=C(O)N1[C@@H]2CCC[C@H]1CC(Nc1nc(Cl)cc3ncccc13)C2. The molecule has 6 nitrogen and oxygen atoms in total. The predicted octanol–water partition coefficient (Wildman–Crippen LogP) is 3.76. The summed E-state index contributed by atoms with van der Waals surface area (Å²) >= 11 is 6.12. The van der Waals surface area contributed by atoms with Crippen molar-refractivity contribution in [1.82, 2.24) is 14.9 Å². The Balaban J connectivity index is 1.60. The molecule has 0 aromatic carbocycles. The molecule has 2 aromatic rings. The number of nitrogens with one attached hydrogen (secondary N) is 1. The molecule has 0 aliphatic carbocycles. The Bertz CT molecular complexity index is 770. The lowest BCUT2D eigenvalue weighted by Crippen LogP contribution is -2.56. The second-order valence-corrected chi connectivity index (χ2v) is 6.99. The van der Waals surface area contributed by atoms with Crippen LogP contribution in [0.2, 0.25) is 5.15 Å². The summed E-state index contributed by atoms with van der Waals surface area (Å²) in [4.78, 5) is 21.9. The third-order valence-corrected chi connectivity index (χ3v) is 5.30. The van der Waals surface area contributed by atoms with Gasteiger partial charge in [-0.1, -0.05) is 11.6 Å². The second kappa shape index (κ2) is 6.09. The van der Waals surface area contributed by atoms with Crippen LogP contribution in [0, 0.1) is 0 Å². The van der Waals surface area contributed by atoms with Crippen molar-refractivity contribution in [2.75, 3.05) is 5.32 Å². The maximum atomic E-state index is 11.5. The number of rotatable bonds is 2. The highest BCUT2D eigenvalue weighted by Gasteiger charge is 2.41. The monoisotopic (exact) mass is 346 g/mol. The first kappa shape index (κ1) is 15.4. The molecule has 4 heterocycles. The van der Waals surface area contributed by atoms with Crippen molar-refractivity contribution < 1.29 is 9.90 Å². The van der Waals surface area contributed by atoms with Crippen LogP contribution in [0.1, 0.15) is 32.1 Å². The number of hydrogen-bond donors (Lipinski definition) is 2. The molecule has 0 radical (unpaired) electrons. The Hall–Kier alpha value is -2.08. The number of fused-ring (bicyclic) bond motifs is 3. The highest BCUT2D eigenvalue weighted by molar-refractivity contribution is 6.30. The van der Waals surface area contributed by atoms with E-state index in [9.17, 15) is 9.90 Å². The van der Waals surface area contributed by atoms with E-state index in [1.165, 1.54) is 0 Å². The number of amides is 1. The Kier molecular flexibility index (Phi) is 3.92. The maximum absolute atomic E-state index is 11.5. The van der Waals surface area contributed by atoms with Gasteiger partial charge >= 0.3 is 6.09 Å². The van der Waals surface area contributed by atoms with E-state index in [4.69, 9.17) is 11.6 Å². The van der Waals surface area contributed by atoms with Crippen molar-refractivity contribution in [3.05, 3.63) is 29.5 Å². The molecule has 2 aliphatic heterocycles. The molecule has 2 saturated heterocycles. The standard InChI is InChI=1S/C17H19ClN4O2/c18-15-9-14-13(5-2-6-19-14)16(21-15)20-10-7-11-3-1-4-12(8-10)22(11)17(23)24/h2,5-6,9-12H,1,3-4,7-8H2,(H,20,21)(H,23,24)/t10?,11-,12+. The first-order chi connectivity index (χ1) is 11.6. The van der Waals surface area contributed by atoms with Gasteiger partial charge in [-0.2, -0.15) is 0 Å². The van der Waals surface area contributed by atoms with Crippen LogP contribution in [0.15, 0.2) is 24.4 Å². The zero-order valence-electron chi connectivity index (χ0n) is 13.2. The highest BCUT2D eigenvalue weighted by atomic mass is 35.5. The molecule has 1 amide bonds. The van der Waals surface area contributed by atoms with Crippen molar-refractivity contribution in [3.8, 4) is 0 Å². The third-order valence-electron chi connectivity index (χ3n) is 5.10. The van der Waals surface area contributed by atoms with Crippen LogP contribution in [0.5, 0.6) is 0 Å². The van der Waals surface area contributed by atoms with Crippen LogP contribution in [0.4, 0.5) is 10.6 Å². The predicted molar refractivity (Wildman–Crippen MR) is 92.5 cm³/mol. The first-order valence-electron chi connectivity index (χ1n) is 8.31. The fourth-order valence-electron chi connectivity index (χ4n) is 4.16. The van der Waals surface area contributed by atoms with Gasteiger partial charge in [-0.3, -0.25) is 4.98 Å². The summed E-state index contributed by atoms with van der Waals surface area (Å²) in [7, 11) is 0. The lowest BCUT2D eigenvalue weighted by atomic mass is 9.82. The minimum absolute atomic E-state index is 0.0936. The Morgan fingerprint density at radius 2 is 2.08 bits per heavy atom. The zero-order chi connectivity index (χ0) is 16.7. The maximum Gasteiger partial charge on any atom is 0.407 e. The summed E-state index contributed by atoms with van der Waals surface area (Å²) in [5.74, 6) is 0.734. The van der Waals surface area contributed by atoms with Gasteiger partial charge in [0, 0.05) is 35.8 Å². The molecular formula is C17H19ClN4O2. The van der Waals surface area contributed by atoms with Crippen molar-refractivity contribution in [3.63, 3.8) is 0 Å². The summed E-state index contributed by atoms with van der Waals surface area (Å²) < 4.78 is 0. The van der Waals surface area contributed by atoms with Gasteiger partial charge in [-0.15, -0.1) is 0 Å². The van der Waals surface area contributed by atoms with Gasteiger partial charge < -0.3 is 15.3 Å². The molecule has 2 N–H and O–H groups in total. The molecule has 4 rings (SSSR count). The topological polar surface area (TPSA) is 78.4 Å². The van der Waals surface area contributed by atoms with Crippen molar-refractivity contribution in [1.29, 1.82) is 0 Å². The molecular weight excluding hydrogens is 328 g/mol. The lowest BCUT2D eigenvalue weighted by molar-refractivity contribution is 0.0385. The number of pyridine rings is 2. The van der Waals surface area contributed by atoms with E-state index >= 15 is 0 Å². The molecule has 1 unspecified atom stereocenters. The Morgan fingerprint density at radius 3 is 2.79 bits per heavy atom. The van der Waals surface area contributed by atoms with E-state index in [0.717, 1.165) is 48.8 Å². The van der Waals surface area contributed by atoms with Crippen LogP contribution in [-0.2, 0) is 0 Å². The number of carbonyl (C=O) groups is 1. The van der Waals surface area contributed by atoms with E-state index < -0.39 is 6.09 Å². The van der Waals surface area contributed by atoms with E-state index in [-0.39, 0.29) is 18.1 Å². The van der Waals surface area contributed by atoms with Crippen molar-refractivity contribution in [2.45, 2.75) is 50.2 Å². The van der Waals surface area contributed by atoms with Gasteiger partial charge in [-0.25, -0.2) is 9.78 Å². The van der Waals surface area contributed by atoms with Crippen LogP contribution in [0.3, 0.4) is 0 Å². The summed E-state index contributed by atoms with van der Waals surface area (Å²) in [5.41, 5.74) is 0.808. The highest BCUT2D eigenvalue weighted by Crippen LogP contribution is 2.36. The van der Waals surface area contributed by atoms with E-state index in [0.29, 0.717) is 5.15 Å². The molecule has 7 heteroatoms. The van der Waals surface area contributed by atoms with Gasteiger partial charge in [0.25, 0.3) is 0 Å². The fraction of sp³-hybridized carbons (Fsp3) is 0.471. The molecule has 0 saturated carbocycles. The van der Waals surface area contributed by atoms with Crippen LogP contribution in [-0.4, -0.2) is 44.2 Å². The molecule has 2 aliphatic rings. The molecule has 3 atom stereocenters. The number of halogens is 1. The average Bonchev–Trinajstić information content (AvgIpc) is 2.53. The quantitative estimate of drug-likeness (QED) is 0.809. The van der Waals surface area contributed by atoms with Crippen LogP contribution in [0.25, 0.3) is 10.9 Å². The molecule has 2 bridgehead atoms. The lowest BCUT2D eigenvalue weighted by Gasteiger charge is -2.47. The van der Waals surface area contributed by atoms with Gasteiger partial charge in [0.2, 0.25) is 0 Å². The van der Waals surface area contributed by atoms with Crippen molar-refractivity contribution in [2.24, 2.45) is 0 Å². The van der Waals surface area contributed by atoms with Crippen LogP contribution >= 0.6 is 11.6 Å². The molecule has 126 valence electrons. The Morgan fingerprint density at radius 1 is 1.33 bits per heavy atom. The van der Waals surface area contributed by atoms with E-state index in [2.05, 4.69) is 15.3 Å². The zero-order valence-corrected chi connectivity index (χ0v) is 13.9. The summed E-state index contributed by atoms with van der Waals surface area (Å²) in [6, 6.07) is 5.99. The van der Waals surface area contributed by atoms with Crippen LogP contribution < -0.4 is 5.32 Å². The van der Waals surface area contributed by atoms with Gasteiger partial charge in [0.05, 0.1) is 5.52 Å². The number of aromatic nitrogens is 2. The minimum Gasteiger partial charge on any atom is -0.465 e.